The highest BCUT2D eigenvalue weighted by Crippen LogP contribution is 2.26. The molecule has 2 rings (SSSR count). The molecule has 0 saturated carbocycles. The zero-order chi connectivity index (χ0) is 11.7. The minimum Gasteiger partial charge on any atom is -0.371 e. The van der Waals surface area contributed by atoms with Gasteiger partial charge in [-0.25, -0.2) is 13.2 Å². The van der Waals surface area contributed by atoms with Crippen molar-refractivity contribution in [3.05, 3.63) is 29.6 Å². The van der Waals surface area contributed by atoms with Crippen LogP contribution in [0.15, 0.2) is 12.1 Å². The van der Waals surface area contributed by atoms with Crippen LogP contribution in [0.2, 0.25) is 0 Å². The van der Waals surface area contributed by atoms with Crippen molar-refractivity contribution in [3.63, 3.8) is 0 Å². The lowest BCUT2D eigenvalue weighted by atomic mass is 10.1. The Morgan fingerprint density at radius 3 is 2.38 bits per heavy atom. The monoisotopic (exact) mass is 230 g/mol. The number of anilines is 1. The van der Waals surface area contributed by atoms with E-state index in [2.05, 4.69) is 0 Å². The molecule has 1 aliphatic heterocycles. The molecule has 1 atom stereocenters. The van der Waals surface area contributed by atoms with Crippen LogP contribution >= 0.6 is 0 Å². The van der Waals surface area contributed by atoms with E-state index in [-0.39, 0.29) is 0 Å². The van der Waals surface area contributed by atoms with Gasteiger partial charge in [0.2, 0.25) is 0 Å². The van der Waals surface area contributed by atoms with E-state index in [0.717, 1.165) is 18.6 Å². The molecule has 0 aromatic heterocycles. The van der Waals surface area contributed by atoms with Crippen LogP contribution in [0.1, 0.15) is 6.42 Å². The molecular formula is C11H13F3N2. The molecule has 1 heterocycles. The Kier molecular flexibility index (Phi) is 3.05. The summed E-state index contributed by atoms with van der Waals surface area (Å²) >= 11 is 0. The molecule has 1 aromatic carbocycles. The summed E-state index contributed by atoms with van der Waals surface area (Å²) in [4.78, 5) is 1.82. The van der Waals surface area contributed by atoms with E-state index in [1.165, 1.54) is 0 Å². The Hall–Kier alpha value is -1.23. The number of nitrogens with two attached hydrogens (primary N) is 1. The molecule has 0 bridgehead atoms. The molecule has 0 radical (unpaired) electrons. The minimum atomic E-state index is -1.42. The number of halogens is 3. The second-order valence-corrected chi connectivity index (χ2v) is 4.06. The molecule has 0 aliphatic carbocycles. The maximum atomic E-state index is 13.0. The van der Waals surface area contributed by atoms with Gasteiger partial charge < -0.3 is 10.6 Å². The molecule has 2 nitrogen and oxygen atoms in total. The summed E-state index contributed by atoms with van der Waals surface area (Å²) in [6, 6.07) is 2.05. The molecule has 1 fully saturated rings. The van der Waals surface area contributed by atoms with Gasteiger partial charge in [0, 0.05) is 30.9 Å². The van der Waals surface area contributed by atoms with Crippen molar-refractivity contribution in [2.75, 3.05) is 24.5 Å². The summed E-state index contributed by atoms with van der Waals surface area (Å²) in [5.74, 6) is -3.37. The smallest absolute Gasteiger partial charge is 0.194 e. The van der Waals surface area contributed by atoms with E-state index in [9.17, 15) is 13.2 Å². The van der Waals surface area contributed by atoms with Crippen LogP contribution in [0.5, 0.6) is 0 Å². The molecule has 0 spiro atoms. The third kappa shape index (κ3) is 2.00. The SMILES string of the molecule is NCC1CCN(c2cc(F)c(F)c(F)c2)C1. The Balaban J connectivity index is 2.22. The molecule has 2 N–H and O–H groups in total. The van der Waals surface area contributed by atoms with Crippen molar-refractivity contribution in [1.29, 1.82) is 0 Å². The summed E-state index contributed by atoms with van der Waals surface area (Å²) in [6.45, 7) is 1.93. The Morgan fingerprint density at radius 2 is 1.88 bits per heavy atom. The number of hydrogen-bond donors (Lipinski definition) is 1. The molecule has 0 amide bonds. The average Bonchev–Trinajstić information content (AvgIpc) is 2.73. The Labute approximate surface area is 91.8 Å². The van der Waals surface area contributed by atoms with E-state index in [4.69, 9.17) is 5.73 Å². The molecular weight excluding hydrogens is 217 g/mol. The van der Waals surface area contributed by atoms with E-state index in [1.807, 2.05) is 4.90 Å². The normalized spacial score (nSPS) is 20.5. The molecule has 1 aliphatic rings. The highest BCUT2D eigenvalue weighted by atomic mass is 19.2. The molecule has 16 heavy (non-hydrogen) atoms. The van der Waals surface area contributed by atoms with Gasteiger partial charge in [0.1, 0.15) is 0 Å². The number of benzene rings is 1. The number of nitrogens with zero attached hydrogens (tertiary/aromatic N) is 1. The first-order valence-electron chi connectivity index (χ1n) is 5.21. The standard InChI is InChI=1S/C11H13F3N2/c12-9-3-8(4-10(13)11(9)14)16-2-1-7(5-15)6-16/h3-4,7H,1-2,5-6,15H2. The quantitative estimate of drug-likeness (QED) is 0.786. The zero-order valence-electron chi connectivity index (χ0n) is 8.72. The van der Waals surface area contributed by atoms with Crippen molar-refractivity contribution >= 4 is 5.69 Å². The van der Waals surface area contributed by atoms with Crippen LogP contribution in [-0.2, 0) is 0 Å². The largest absolute Gasteiger partial charge is 0.371 e. The third-order valence-electron chi connectivity index (χ3n) is 2.95. The molecule has 1 unspecified atom stereocenters. The van der Waals surface area contributed by atoms with E-state index < -0.39 is 17.5 Å². The first-order chi connectivity index (χ1) is 7.61. The lowest BCUT2D eigenvalue weighted by Gasteiger charge is -2.18. The second-order valence-electron chi connectivity index (χ2n) is 4.06. The Bertz CT molecular complexity index is 372. The van der Waals surface area contributed by atoms with Crippen LogP contribution in [0.3, 0.4) is 0 Å². The highest BCUT2D eigenvalue weighted by molar-refractivity contribution is 5.48. The Morgan fingerprint density at radius 1 is 1.25 bits per heavy atom. The average molecular weight is 230 g/mol. The molecule has 88 valence electrons. The molecule has 5 heteroatoms. The van der Waals surface area contributed by atoms with Gasteiger partial charge in [0.05, 0.1) is 0 Å². The lowest BCUT2D eigenvalue weighted by Crippen LogP contribution is -2.23. The number of rotatable bonds is 2. The van der Waals surface area contributed by atoms with Gasteiger partial charge in [-0.2, -0.15) is 0 Å². The molecule has 1 saturated heterocycles. The van der Waals surface area contributed by atoms with Gasteiger partial charge in [-0.05, 0) is 18.9 Å². The highest BCUT2D eigenvalue weighted by Gasteiger charge is 2.23. The van der Waals surface area contributed by atoms with Gasteiger partial charge in [0.25, 0.3) is 0 Å². The number of hydrogen-bond acceptors (Lipinski definition) is 2. The van der Waals surface area contributed by atoms with Crippen molar-refractivity contribution in [2.45, 2.75) is 6.42 Å². The fourth-order valence-electron chi connectivity index (χ4n) is 1.98. The summed E-state index contributed by atoms with van der Waals surface area (Å²) in [5, 5.41) is 0. The lowest BCUT2D eigenvalue weighted by molar-refractivity contribution is 0.447. The predicted molar refractivity (Wildman–Crippen MR) is 55.7 cm³/mol. The first kappa shape index (κ1) is 11.3. The van der Waals surface area contributed by atoms with Gasteiger partial charge in [-0.1, -0.05) is 0 Å². The predicted octanol–water partition coefficient (Wildman–Crippen LogP) is 1.89. The summed E-state index contributed by atoms with van der Waals surface area (Å²) in [5.41, 5.74) is 5.91. The van der Waals surface area contributed by atoms with Crippen LogP contribution in [0.4, 0.5) is 18.9 Å². The third-order valence-corrected chi connectivity index (χ3v) is 2.95. The van der Waals surface area contributed by atoms with E-state index >= 15 is 0 Å². The van der Waals surface area contributed by atoms with Gasteiger partial charge in [-0.15, -0.1) is 0 Å². The topological polar surface area (TPSA) is 29.3 Å². The van der Waals surface area contributed by atoms with Crippen LogP contribution in [0, 0.1) is 23.4 Å². The summed E-state index contributed by atoms with van der Waals surface area (Å²) < 4.78 is 38.8. The van der Waals surface area contributed by atoms with Crippen molar-refractivity contribution in [2.24, 2.45) is 11.7 Å². The maximum absolute atomic E-state index is 13.0. The fraction of sp³-hybridized carbons (Fsp3) is 0.455. The fourth-order valence-corrected chi connectivity index (χ4v) is 1.98. The second kappa shape index (κ2) is 4.33. The van der Waals surface area contributed by atoms with Crippen molar-refractivity contribution in [1.82, 2.24) is 0 Å². The maximum Gasteiger partial charge on any atom is 0.194 e. The first-order valence-corrected chi connectivity index (χ1v) is 5.21. The zero-order valence-corrected chi connectivity index (χ0v) is 8.72. The van der Waals surface area contributed by atoms with Crippen LogP contribution < -0.4 is 10.6 Å². The van der Waals surface area contributed by atoms with E-state index in [1.54, 1.807) is 0 Å². The van der Waals surface area contributed by atoms with E-state index in [0.29, 0.717) is 31.2 Å². The van der Waals surface area contributed by atoms with Crippen LogP contribution in [-0.4, -0.2) is 19.6 Å². The van der Waals surface area contributed by atoms with Crippen molar-refractivity contribution < 1.29 is 13.2 Å². The van der Waals surface area contributed by atoms with Gasteiger partial charge in [-0.3, -0.25) is 0 Å². The molecule has 1 aromatic rings. The van der Waals surface area contributed by atoms with Gasteiger partial charge >= 0.3 is 0 Å². The van der Waals surface area contributed by atoms with Crippen LogP contribution in [0.25, 0.3) is 0 Å². The van der Waals surface area contributed by atoms with Crippen molar-refractivity contribution in [3.8, 4) is 0 Å². The summed E-state index contributed by atoms with van der Waals surface area (Å²) in [7, 11) is 0. The summed E-state index contributed by atoms with van der Waals surface area (Å²) in [6.07, 6.45) is 0.900. The minimum absolute atomic E-state index is 0.344. The van der Waals surface area contributed by atoms with Gasteiger partial charge in [0.15, 0.2) is 17.5 Å².